The second-order valence-electron chi connectivity index (χ2n) is 7.08. The molecule has 9 heteroatoms. The number of amides is 1. The van der Waals surface area contributed by atoms with Crippen molar-refractivity contribution in [2.45, 2.75) is 45.1 Å². The summed E-state index contributed by atoms with van der Waals surface area (Å²) in [7, 11) is 0. The fourth-order valence-corrected chi connectivity index (χ4v) is 3.10. The molecule has 1 heterocycles. The van der Waals surface area contributed by atoms with E-state index in [0.717, 1.165) is 25.9 Å². The lowest BCUT2D eigenvalue weighted by atomic mass is 9.95. The van der Waals surface area contributed by atoms with Crippen LogP contribution in [0.3, 0.4) is 0 Å². The third-order valence-electron chi connectivity index (χ3n) is 4.78. The van der Waals surface area contributed by atoms with Crippen LogP contribution in [0.15, 0.2) is 18.2 Å². The van der Waals surface area contributed by atoms with Crippen LogP contribution in [0, 0.1) is 5.92 Å². The number of nitrogens with one attached hydrogen (secondary N) is 1. The van der Waals surface area contributed by atoms with E-state index in [9.17, 15) is 31.1 Å². The molecule has 0 atom stereocenters. The lowest BCUT2D eigenvalue weighted by Crippen LogP contribution is -2.41. The SMILES string of the molecule is CC(C)N1CCC(CNC(=O)c2cc(C(F)(F)F)cc(C(F)(F)F)c2)CC1. The molecule has 1 aliphatic rings. The Morgan fingerprint density at radius 2 is 1.52 bits per heavy atom. The zero-order valence-corrected chi connectivity index (χ0v) is 15.0. The molecule has 0 radical (unpaired) electrons. The van der Waals surface area contributed by atoms with Crippen molar-refractivity contribution >= 4 is 5.91 Å². The Labute approximate surface area is 153 Å². The molecule has 0 saturated carbocycles. The number of benzene rings is 1. The lowest BCUT2D eigenvalue weighted by Gasteiger charge is -2.34. The smallest absolute Gasteiger partial charge is 0.352 e. The minimum Gasteiger partial charge on any atom is -0.352 e. The van der Waals surface area contributed by atoms with Gasteiger partial charge < -0.3 is 10.2 Å². The Morgan fingerprint density at radius 3 is 1.93 bits per heavy atom. The fourth-order valence-electron chi connectivity index (χ4n) is 3.10. The zero-order chi connectivity index (χ0) is 20.4. The Kier molecular flexibility index (Phi) is 6.44. The number of hydrogen-bond acceptors (Lipinski definition) is 2. The molecule has 0 unspecified atom stereocenters. The molecule has 0 spiro atoms. The summed E-state index contributed by atoms with van der Waals surface area (Å²) >= 11 is 0. The summed E-state index contributed by atoms with van der Waals surface area (Å²) in [4.78, 5) is 14.4. The topological polar surface area (TPSA) is 32.3 Å². The summed E-state index contributed by atoms with van der Waals surface area (Å²) in [5.74, 6) is -0.783. The Hall–Kier alpha value is -1.77. The summed E-state index contributed by atoms with van der Waals surface area (Å²) in [6, 6.07) is 1.32. The second kappa shape index (κ2) is 8.08. The zero-order valence-electron chi connectivity index (χ0n) is 15.0. The molecule has 0 aromatic heterocycles. The molecule has 3 nitrogen and oxygen atoms in total. The van der Waals surface area contributed by atoms with Crippen LogP contribution in [0.5, 0.6) is 0 Å². The van der Waals surface area contributed by atoms with E-state index >= 15 is 0 Å². The highest BCUT2D eigenvalue weighted by Crippen LogP contribution is 2.36. The van der Waals surface area contributed by atoms with Crippen molar-refractivity contribution in [1.29, 1.82) is 0 Å². The van der Waals surface area contributed by atoms with E-state index in [-0.39, 0.29) is 18.5 Å². The van der Waals surface area contributed by atoms with Gasteiger partial charge in [0.1, 0.15) is 0 Å². The van der Waals surface area contributed by atoms with Gasteiger partial charge in [0.05, 0.1) is 11.1 Å². The first-order valence-electron chi connectivity index (χ1n) is 8.69. The number of carbonyl (C=O) groups is 1. The van der Waals surface area contributed by atoms with Crippen molar-refractivity contribution in [3.8, 4) is 0 Å². The molecular weight excluding hydrogens is 374 g/mol. The number of carbonyl (C=O) groups excluding carboxylic acids is 1. The van der Waals surface area contributed by atoms with Gasteiger partial charge in [0.25, 0.3) is 5.91 Å². The molecule has 1 amide bonds. The molecule has 1 fully saturated rings. The minimum atomic E-state index is -4.97. The molecule has 2 rings (SSSR count). The van der Waals surface area contributed by atoms with Gasteiger partial charge in [-0.15, -0.1) is 0 Å². The van der Waals surface area contributed by atoms with E-state index < -0.39 is 35.0 Å². The number of likely N-dealkylation sites (tertiary alicyclic amines) is 1. The molecule has 27 heavy (non-hydrogen) atoms. The van der Waals surface area contributed by atoms with Crippen molar-refractivity contribution in [2.75, 3.05) is 19.6 Å². The molecule has 1 aliphatic heterocycles. The van der Waals surface area contributed by atoms with Gasteiger partial charge in [-0.3, -0.25) is 4.79 Å². The largest absolute Gasteiger partial charge is 0.416 e. The van der Waals surface area contributed by atoms with E-state index in [1.54, 1.807) is 0 Å². The first-order chi connectivity index (χ1) is 12.4. The number of piperidine rings is 1. The van der Waals surface area contributed by atoms with Gasteiger partial charge in [0.15, 0.2) is 0 Å². The van der Waals surface area contributed by atoms with Crippen LogP contribution in [-0.4, -0.2) is 36.5 Å². The van der Waals surface area contributed by atoms with Gasteiger partial charge in [-0.25, -0.2) is 0 Å². The molecular formula is C18H22F6N2O. The fraction of sp³-hybridized carbons (Fsp3) is 0.611. The summed E-state index contributed by atoms with van der Waals surface area (Å²) in [5, 5.41) is 2.48. The number of hydrogen-bond donors (Lipinski definition) is 1. The Balaban J connectivity index is 2.07. The molecule has 1 aromatic rings. The van der Waals surface area contributed by atoms with Gasteiger partial charge in [-0.05, 0) is 63.9 Å². The average molecular weight is 396 g/mol. The monoisotopic (exact) mass is 396 g/mol. The van der Waals surface area contributed by atoms with Crippen molar-refractivity contribution in [2.24, 2.45) is 5.92 Å². The average Bonchev–Trinajstić information content (AvgIpc) is 2.58. The normalized spacial score (nSPS) is 17.4. The number of nitrogens with zero attached hydrogens (tertiary/aromatic N) is 1. The van der Waals surface area contributed by atoms with Crippen LogP contribution >= 0.6 is 0 Å². The van der Waals surface area contributed by atoms with Crippen LogP contribution in [0.2, 0.25) is 0 Å². The third kappa shape index (κ3) is 5.85. The highest BCUT2D eigenvalue weighted by molar-refractivity contribution is 5.94. The Bertz CT molecular complexity index is 629. The Morgan fingerprint density at radius 1 is 1.04 bits per heavy atom. The number of rotatable bonds is 4. The van der Waals surface area contributed by atoms with Gasteiger partial charge in [-0.1, -0.05) is 0 Å². The standard InChI is InChI=1S/C18H22F6N2O/c1-11(2)26-5-3-12(4-6-26)10-25-16(27)13-7-14(17(19,20)21)9-15(8-13)18(22,23)24/h7-9,11-12H,3-6,10H2,1-2H3,(H,25,27). The molecule has 0 aliphatic carbocycles. The first kappa shape index (κ1) is 21.5. The minimum absolute atomic E-state index is 0.0123. The lowest BCUT2D eigenvalue weighted by molar-refractivity contribution is -0.143. The van der Waals surface area contributed by atoms with Crippen molar-refractivity contribution < 1.29 is 31.1 Å². The molecule has 152 valence electrons. The van der Waals surface area contributed by atoms with Crippen molar-refractivity contribution in [3.05, 3.63) is 34.9 Å². The van der Waals surface area contributed by atoms with Crippen LogP contribution in [-0.2, 0) is 12.4 Å². The van der Waals surface area contributed by atoms with E-state index in [0.29, 0.717) is 18.2 Å². The van der Waals surface area contributed by atoms with Crippen LogP contribution < -0.4 is 5.32 Å². The molecule has 1 N–H and O–H groups in total. The third-order valence-corrected chi connectivity index (χ3v) is 4.78. The maximum Gasteiger partial charge on any atom is 0.416 e. The van der Waals surface area contributed by atoms with Crippen LogP contribution in [0.25, 0.3) is 0 Å². The number of alkyl halides is 6. The van der Waals surface area contributed by atoms with Gasteiger partial charge >= 0.3 is 12.4 Å². The van der Waals surface area contributed by atoms with Crippen LogP contribution in [0.4, 0.5) is 26.3 Å². The number of halogens is 6. The molecule has 1 aromatic carbocycles. The van der Waals surface area contributed by atoms with Gasteiger partial charge in [0, 0.05) is 18.2 Å². The summed E-state index contributed by atoms with van der Waals surface area (Å²) in [6.07, 6.45) is -8.32. The van der Waals surface area contributed by atoms with Gasteiger partial charge in [-0.2, -0.15) is 26.3 Å². The van der Waals surface area contributed by atoms with E-state index in [4.69, 9.17) is 0 Å². The highest BCUT2D eigenvalue weighted by atomic mass is 19.4. The van der Waals surface area contributed by atoms with Crippen molar-refractivity contribution in [1.82, 2.24) is 10.2 Å². The molecule has 0 bridgehead atoms. The van der Waals surface area contributed by atoms with E-state index in [2.05, 4.69) is 24.1 Å². The summed E-state index contributed by atoms with van der Waals surface area (Å²) in [6.45, 7) is 6.07. The van der Waals surface area contributed by atoms with E-state index in [1.807, 2.05) is 0 Å². The summed E-state index contributed by atoms with van der Waals surface area (Å²) < 4.78 is 77.2. The predicted molar refractivity (Wildman–Crippen MR) is 88.2 cm³/mol. The maximum atomic E-state index is 12.9. The first-order valence-corrected chi connectivity index (χ1v) is 8.69. The molecule has 1 saturated heterocycles. The van der Waals surface area contributed by atoms with Gasteiger partial charge in [0.2, 0.25) is 0 Å². The summed E-state index contributed by atoms with van der Waals surface area (Å²) in [5.41, 5.74) is -3.63. The maximum absolute atomic E-state index is 12.9. The van der Waals surface area contributed by atoms with E-state index in [1.165, 1.54) is 0 Å². The predicted octanol–water partition coefficient (Wildman–Crippen LogP) is 4.57. The second-order valence-corrected chi connectivity index (χ2v) is 7.08. The quantitative estimate of drug-likeness (QED) is 0.756. The highest BCUT2D eigenvalue weighted by Gasteiger charge is 2.37. The van der Waals surface area contributed by atoms with Crippen molar-refractivity contribution in [3.63, 3.8) is 0 Å². The van der Waals surface area contributed by atoms with Crippen LogP contribution in [0.1, 0.15) is 48.2 Å².